The first-order valence-corrected chi connectivity index (χ1v) is 5.86. The number of hydrogen-bond acceptors (Lipinski definition) is 3. The molecule has 0 unspecified atom stereocenters. The highest BCUT2D eigenvalue weighted by atomic mass is 16.1. The predicted octanol–water partition coefficient (Wildman–Crippen LogP) is 1.32. The molecule has 5 heteroatoms. The third kappa shape index (κ3) is 2.74. The number of nitrogens with one attached hydrogen (secondary N) is 1. The van der Waals surface area contributed by atoms with Gasteiger partial charge in [0.1, 0.15) is 5.69 Å². The Morgan fingerprint density at radius 3 is 2.83 bits per heavy atom. The van der Waals surface area contributed by atoms with Crippen LogP contribution in [0.25, 0.3) is 0 Å². The lowest BCUT2D eigenvalue weighted by molar-refractivity contribution is 0.0947. The van der Waals surface area contributed by atoms with Crippen molar-refractivity contribution < 1.29 is 4.79 Å². The molecular weight excluding hydrogens is 228 g/mol. The van der Waals surface area contributed by atoms with Crippen LogP contribution in [0.3, 0.4) is 0 Å². The lowest BCUT2D eigenvalue weighted by atomic mass is 10.3. The van der Waals surface area contributed by atoms with Crippen molar-refractivity contribution in [3.05, 3.63) is 47.5 Å². The minimum Gasteiger partial charge on any atom is -0.349 e. The first-order chi connectivity index (χ1) is 8.68. The second kappa shape index (κ2) is 5.44. The number of aromatic nitrogens is 3. The molecule has 0 aromatic carbocycles. The molecule has 0 bridgehead atoms. The Hall–Kier alpha value is -2.17. The van der Waals surface area contributed by atoms with E-state index in [1.165, 1.54) is 0 Å². The van der Waals surface area contributed by atoms with Crippen LogP contribution in [0.1, 0.15) is 21.7 Å². The van der Waals surface area contributed by atoms with E-state index in [2.05, 4.69) is 15.4 Å². The van der Waals surface area contributed by atoms with Crippen LogP contribution in [0.5, 0.6) is 0 Å². The van der Waals surface area contributed by atoms with E-state index in [9.17, 15) is 4.79 Å². The molecule has 0 aliphatic carbocycles. The van der Waals surface area contributed by atoms with Crippen LogP contribution in [0.4, 0.5) is 0 Å². The van der Waals surface area contributed by atoms with Crippen LogP contribution in [-0.2, 0) is 6.54 Å². The second-order valence-electron chi connectivity index (χ2n) is 4.11. The number of amides is 1. The Morgan fingerprint density at radius 2 is 2.22 bits per heavy atom. The van der Waals surface area contributed by atoms with E-state index in [1.807, 2.05) is 24.7 Å². The first kappa shape index (κ1) is 12.3. The fourth-order valence-electron chi connectivity index (χ4n) is 1.63. The van der Waals surface area contributed by atoms with Crippen molar-refractivity contribution >= 4 is 5.91 Å². The Bertz CT molecular complexity index is 533. The van der Waals surface area contributed by atoms with E-state index in [4.69, 9.17) is 0 Å². The summed E-state index contributed by atoms with van der Waals surface area (Å²) >= 11 is 0. The summed E-state index contributed by atoms with van der Waals surface area (Å²) in [5.41, 5.74) is 2.72. The largest absolute Gasteiger partial charge is 0.349 e. The van der Waals surface area contributed by atoms with E-state index in [-0.39, 0.29) is 5.91 Å². The molecule has 1 N–H and O–H groups in total. The Morgan fingerprint density at radius 1 is 1.39 bits per heavy atom. The van der Waals surface area contributed by atoms with Gasteiger partial charge < -0.3 is 5.32 Å². The van der Waals surface area contributed by atoms with Gasteiger partial charge in [-0.3, -0.25) is 14.5 Å². The smallest absolute Gasteiger partial charge is 0.269 e. The zero-order valence-electron chi connectivity index (χ0n) is 10.6. The molecular formula is C13H16N4O. The van der Waals surface area contributed by atoms with Crippen LogP contribution >= 0.6 is 0 Å². The summed E-state index contributed by atoms with van der Waals surface area (Å²) in [6.45, 7) is 5.24. The molecule has 0 radical (unpaired) electrons. The zero-order chi connectivity index (χ0) is 13.0. The van der Waals surface area contributed by atoms with Gasteiger partial charge in [0.2, 0.25) is 0 Å². The van der Waals surface area contributed by atoms with Gasteiger partial charge in [-0.2, -0.15) is 5.10 Å². The van der Waals surface area contributed by atoms with Gasteiger partial charge in [-0.25, -0.2) is 0 Å². The maximum Gasteiger partial charge on any atom is 0.269 e. The third-order valence-electron chi connectivity index (χ3n) is 2.86. The van der Waals surface area contributed by atoms with Crippen LogP contribution in [0.2, 0.25) is 0 Å². The average Bonchev–Trinajstić information content (AvgIpc) is 2.71. The Labute approximate surface area is 106 Å². The SMILES string of the molecule is Cc1cnn(CCNC(=O)c2ccccn2)c1C. The number of hydrogen-bond donors (Lipinski definition) is 1. The van der Waals surface area contributed by atoms with Gasteiger partial charge in [-0.05, 0) is 31.5 Å². The van der Waals surface area contributed by atoms with Crippen LogP contribution < -0.4 is 5.32 Å². The lowest BCUT2D eigenvalue weighted by Gasteiger charge is -2.06. The molecule has 0 atom stereocenters. The molecule has 0 saturated carbocycles. The molecule has 2 aromatic rings. The topological polar surface area (TPSA) is 59.8 Å². The highest BCUT2D eigenvalue weighted by molar-refractivity contribution is 5.92. The molecule has 2 aromatic heterocycles. The minimum atomic E-state index is -0.155. The zero-order valence-corrected chi connectivity index (χ0v) is 10.6. The third-order valence-corrected chi connectivity index (χ3v) is 2.86. The summed E-state index contributed by atoms with van der Waals surface area (Å²) in [7, 11) is 0. The van der Waals surface area contributed by atoms with E-state index in [0.717, 1.165) is 11.3 Å². The number of carbonyl (C=O) groups is 1. The van der Waals surface area contributed by atoms with Crippen LogP contribution in [0, 0.1) is 13.8 Å². The molecule has 0 aliphatic heterocycles. The molecule has 1 amide bonds. The van der Waals surface area contributed by atoms with E-state index >= 15 is 0 Å². The monoisotopic (exact) mass is 244 g/mol. The lowest BCUT2D eigenvalue weighted by Crippen LogP contribution is -2.28. The van der Waals surface area contributed by atoms with Crippen molar-refractivity contribution in [1.29, 1.82) is 0 Å². The van der Waals surface area contributed by atoms with Crippen molar-refractivity contribution in [1.82, 2.24) is 20.1 Å². The van der Waals surface area contributed by atoms with Crippen molar-refractivity contribution in [2.24, 2.45) is 0 Å². The van der Waals surface area contributed by atoms with Crippen molar-refractivity contribution in [2.45, 2.75) is 20.4 Å². The second-order valence-corrected chi connectivity index (χ2v) is 4.11. The van der Waals surface area contributed by atoms with Gasteiger partial charge in [0, 0.05) is 18.4 Å². The quantitative estimate of drug-likeness (QED) is 0.882. The highest BCUT2D eigenvalue weighted by Crippen LogP contribution is 2.03. The average molecular weight is 244 g/mol. The van der Waals surface area contributed by atoms with Gasteiger partial charge in [-0.15, -0.1) is 0 Å². The summed E-state index contributed by atoms with van der Waals surface area (Å²) in [6, 6.07) is 5.27. The molecule has 0 spiro atoms. The number of carbonyl (C=O) groups excluding carboxylic acids is 1. The van der Waals surface area contributed by atoms with Gasteiger partial charge in [-0.1, -0.05) is 6.07 Å². The number of aryl methyl sites for hydroxylation is 1. The maximum absolute atomic E-state index is 11.7. The molecule has 18 heavy (non-hydrogen) atoms. The molecule has 2 rings (SSSR count). The molecule has 5 nitrogen and oxygen atoms in total. The molecule has 0 saturated heterocycles. The van der Waals surface area contributed by atoms with Crippen molar-refractivity contribution in [2.75, 3.05) is 6.54 Å². The molecule has 0 fully saturated rings. The van der Waals surface area contributed by atoms with Gasteiger partial charge >= 0.3 is 0 Å². The van der Waals surface area contributed by atoms with Crippen molar-refractivity contribution in [3.8, 4) is 0 Å². The van der Waals surface area contributed by atoms with E-state index in [0.29, 0.717) is 18.8 Å². The predicted molar refractivity (Wildman–Crippen MR) is 68.3 cm³/mol. The fraction of sp³-hybridized carbons (Fsp3) is 0.308. The summed E-state index contributed by atoms with van der Waals surface area (Å²) in [6.07, 6.45) is 3.44. The number of nitrogens with zero attached hydrogens (tertiary/aromatic N) is 3. The summed E-state index contributed by atoms with van der Waals surface area (Å²) in [4.78, 5) is 15.7. The molecule has 2 heterocycles. The normalized spacial score (nSPS) is 10.3. The molecule has 94 valence electrons. The van der Waals surface area contributed by atoms with E-state index in [1.54, 1.807) is 24.4 Å². The Kier molecular flexibility index (Phi) is 3.72. The molecule has 0 aliphatic rings. The van der Waals surface area contributed by atoms with Gasteiger partial charge in [0.15, 0.2) is 0 Å². The van der Waals surface area contributed by atoms with Crippen molar-refractivity contribution in [3.63, 3.8) is 0 Å². The standard InChI is InChI=1S/C13H16N4O/c1-10-9-16-17(11(10)2)8-7-15-13(18)12-5-3-4-6-14-12/h3-6,9H,7-8H2,1-2H3,(H,15,18). The minimum absolute atomic E-state index is 0.155. The summed E-state index contributed by atoms with van der Waals surface area (Å²) in [5.74, 6) is -0.155. The summed E-state index contributed by atoms with van der Waals surface area (Å²) in [5, 5.41) is 7.06. The van der Waals surface area contributed by atoms with Gasteiger partial charge in [0.25, 0.3) is 5.91 Å². The van der Waals surface area contributed by atoms with E-state index < -0.39 is 0 Å². The fourth-order valence-corrected chi connectivity index (χ4v) is 1.63. The number of pyridine rings is 1. The highest BCUT2D eigenvalue weighted by Gasteiger charge is 2.06. The number of rotatable bonds is 4. The summed E-state index contributed by atoms with van der Waals surface area (Å²) < 4.78 is 1.88. The maximum atomic E-state index is 11.7. The van der Waals surface area contributed by atoms with Crippen LogP contribution in [0.15, 0.2) is 30.6 Å². The Balaban J connectivity index is 1.86. The van der Waals surface area contributed by atoms with Crippen LogP contribution in [-0.4, -0.2) is 27.2 Å². The first-order valence-electron chi connectivity index (χ1n) is 5.86. The van der Waals surface area contributed by atoms with Gasteiger partial charge in [0.05, 0.1) is 12.7 Å².